The Morgan fingerprint density at radius 2 is 2.40 bits per heavy atom. The standard InChI is InChI=1S/C8H11NO/c9-6-5-7-3-1-2-4-8(7)10/h7H,1-5H2/t7-/m1/s1. The topological polar surface area (TPSA) is 40.9 Å². The normalized spacial score (nSPS) is 25.9. The van der Waals surface area contributed by atoms with Crippen molar-refractivity contribution in [3.05, 3.63) is 0 Å². The molecule has 0 saturated heterocycles. The molecule has 0 heterocycles. The highest BCUT2D eigenvalue weighted by Crippen LogP contribution is 2.22. The largest absolute Gasteiger partial charge is 0.299 e. The maximum absolute atomic E-state index is 11.0. The number of Topliss-reactive ketones (excluding diaryl/α,β-unsaturated/α-hetero) is 1. The van der Waals surface area contributed by atoms with Gasteiger partial charge in [0.05, 0.1) is 6.07 Å². The van der Waals surface area contributed by atoms with Crippen molar-refractivity contribution in [2.24, 2.45) is 5.92 Å². The van der Waals surface area contributed by atoms with Crippen molar-refractivity contribution < 1.29 is 4.79 Å². The highest BCUT2D eigenvalue weighted by molar-refractivity contribution is 5.81. The highest BCUT2D eigenvalue weighted by Gasteiger charge is 2.20. The van der Waals surface area contributed by atoms with E-state index >= 15 is 0 Å². The fourth-order valence-corrected chi connectivity index (χ4v) is 1.38. The van der Waals surface area contributed by atoms with Crippen LogP contribution in [-0.4, -0.2) is 5.78 Å². The fourth-order valence-electron chi connectivity index (χ4n) is 1.38. The maximum Gasteiger partial charge on any atom is 0.137 e. The summed E-state index contributed by atoms with van der Waals surface area (Å²) in [7, 11) is 0. The van der Waals surface area contributed by atoms with Gasteiger partial charge in [0.1, 0.15) is 5.78 Å². The number of nitriles is 1. The zero-order valence-electron chi connectivity index (χ0n) is 5.97. The predicted molar refractivity (Wildman–Crippen MR) is 37.2 cm³/mol. The Hall–Kier alpha value is -0.840. The maximum atomic E-state index is 11.0. The molecule has 0 bridgehead atoms. The van der Waals surface area contributed by atoms with Gasteiger partial charge < -0.3 is 0 Å². The summed E-state index contributed by atoms with van der Waals surface area (Å²) in [4.78, 5) is 11.0. The van der Waals surface area contributed by atoms with Crippen molar-refractivity contribution in [3.63, 3.8) is 0 Å². The van der Waals surface area contributed by atoms with Crippen LogP contribution >= 0.6 is 0 Å². The Morgan fingerprint density at radius 3 is 3.00 bits per heavy atom. The van der Waals surface area contributed by atoms with Gasteiger partial charge in [-0.1, -0.05) is 6.42 Å². The van der Waals surface area contributed by atoms with Crippen molar-refractivity contribution >= 4 is 5.78 Å². The van der Waals surface area contributed by atoms with Gasteiger partial charge in [-0.05, 0) is 12.8 Å². The van der Waals surface area contributed by atoms with Crippen LogP contribution in [0, 0.1) is 17.2 Å². The molecule has 1 atom stereocenters. The Bertz CT molecular complexity index is 169. The van der Waals surface area contributed by atoms with Crippen LogP contribution in [0.25, 0.3) is 0 Å². The minimum Gasteiger partial charge on any atom is -0.299 e. The first-order valence-electron chi connectivity index (χ1n) is 3.74. The van der Waals surface area contributed by atoms with Crippen molar-refractivity contribution in [1.82, 2.24) is 0 Å². The van der Waals surface area contributed by atoms with Crippen LogP contribution in [0.5, 0.6) is 0 Å². The monoisotopic (exact) mass is 137 g/mol. The molecule has 0 aromatic heterocycles. The molecule has 1 saturated carbocycles. The first kappa shape index (κ1) is 7.27. The lowest BCUT2D eigenvalue weighted by Crippen LogP contribution is -2.18. The summed E-state index contributed by atoms with van der Waals surface area (Å²) < 4.78 is 0. The molecule has 2 nitrogen and oxygen atoms in total. The van der Waals surface area contributed by atoms with E-state index in [9.17, 15) is 4.79 Å². The summed E-state index contributed by atoms with van der Waals surface area (Å²) in [6.45, 7) is 0. The first-order chi connectivity index (χ1) is 4.84. The van der Waals surface area contributed by atoms with Gasteiger partial charge in [0.15, 0.2) is 0 Å². The molecule has 0 aromatic rings. The lowest BCUT2D eigenvalue weighted by molar-refractivity contribution is -0.124. The molecule has 1 aliphatic carbocycles. The Kier molecular flexibility index (Phi) is 2.44. The summed E-state index contributed by atoms with van der Waals surface area (Å²) in [5, 5.41) is 8.33. The number of ketones is 1. The highest BCUT2D eigenvalue weighted by atomic mass is 16.1. The third-order valence-corrected chi connectivity index (χ3v) is 2.02. The predicted octanol–water partition coefficient (Wildman–Crippen LogP) is 1.66. The molecule has 2 heteroatoms. The molecule has 1 rings (SSSR count). The number of hydrogen-bond donors (Lipinski definition) is 0. The van der Waals surface area contributed by atoms with Crippen molar-refractivity contribution in [2.75, 3.05) is 0 Å². The Morgan fingerprint density at radius 1 is 1.60 bits per heavy atom. The summed E-state index contributed by atoms with van der Waals surface area (Å²) in [6.07, 6.45) is 4.22. The second-order valence-electron chi connectivity index (χ2n) is 2.77. The van der Waals surface area contributed by atoms with Gasteiger partial charge in [-0.15, -0.1) is 0 Å². The molecule has 0 unspecified atom stereocenters. The van der Waals surface area contributed by atoms with Crippen LogP contribution < -0.4 is 0 Å². The van der Waals surface area contributed by atoms with Gasteiger partial charge >= 0.3 is 0 Å². The van der Waals surface area contributed by atoms with Gasteiger partial charge in [0.2, 0.25) is 0 Å². The van der Waals surface area contributed by atoms with E-state index in [4.69, 9.17) is 5.26 Å². The van der Waals surface area contributed by atoms with E-state index in [1.54, 1.807) is 0 Å². The summed E-state index contributed by atoms with van der Waals surface area (Å²) in [5.74, 6) is 0.367. The summed E-state index contributed by atoms with van der Waals surface area (Å²) in [5.41, 5.74) is 0. The lowest BCUT2D eigenvalue weighted by atomic mass is 9.86. The van der Waals surface area contributed by atoms with E-state index in [1.165, 1.54) is 0 Å². The van der Waals surface area contributed by atoms with Gasteiger partial charge in [-0.3, -0.25) is 4.79 Å². The van der Waals surface area contributed by atoms with E-state index in [0.717, 1.165) is 19.3 Å². The SMILES string of the molecule is N#CC[C@H]1CCCCC1=O. The molecule has 10 heavy (non-hydrogen) atoms. The number of nitrogens with zero attached hydrogens (tertiary/aromatic N) is 1. The molecular weight excluding hydrogens is 126 g/mol. The average Bonchev–Trinajstić information content (AvgIpc) is 1.94. The molecule has 1 aliphatic rings. The number of carbonyl (C=O) groups is 1. The van der Waals surface area contributed by atoms with Gasteiger partial charge in [-0.25, -0.2) is 0 Å². The Balaban J connectivity index is 2.42. The molecule has 0 aliphatic heterocycles. The number of hydrogen-bond acceptors (Lipinski definition) is 2. The van der Waals surface area contributed by atoms with Crippen LogP contribution in [-0.2, 0) is 4.79 Å². The van der Waals surface area contributed by atoms with E-state index in [2.05, 4.69) is 0 Å². The minimum absolute atomic E-state index is 0.0683. The number of rotatable bonds is 1. The van der Waals surface area contributed by atoms with Crippen molar-refractivity contribution in [1.29, 1.82) is 5.26 Å². The summed E-state index contributed by atoms with van der Waals surface area (Å²) in [6, 6.07) is 2.05. The Labute approximate surface area is 60.8 Å². The van der Waals surface area contributed by atoms with Crippen molar-refractivity contribution in [3.8, 4) is 6.07 Å². The minimum atomic E-state index is 0.0683. The van der Waals surface area contributed by atoms with E-state index in [0.29, 0.717) is 18.6 Å². The van der Waals surface area contributed by atoms with Crippen molar-refractivity contribution in [2.45, 2.75) is 32.1 Å². The first-order valence-corrected chi connectivity index (χ1v) is 3.74. The molecule has 0 amide bonds. The van der Waals surface area contributed by atoms with Gasteiger partial charge in [-0.2, -0.15) is 5.26 Å². The molecular formula is C8H11NO. The zero-order valence-corrected chi connectivity index (χ0v) is 5.97. The third-order valence-electron chi connectivity index (χ3n) is 2.02. The zero-order chi connectivity index (χ0) is 7.40. The molecule has 0 aromatic carbocycles. The summed E-state index contributed by atoms with van der Waals surface area (Å²) >= 11 is 0. The van der Waals surface area contributed by atoms with Crippen LogP contribution in [0.15, 0.2) is 0 Å². The molecule has 0 spiro atoms. The van der Waals surface area contributed by atoms with Crippen LogP contribution in [0.3, 0.4) is 0 Å². The van der Waals surface area contributed by atoms with E-state index < -0.39 is 0 Å². The second kappa shape index (κ2) is 3.36. The molecule has 0 radical (unpaired) electrons. The molecule has 54 valence electrons. The quantitative estimate of drug-likeness (QED) is 0.551. The molecule has 1 fully saturated rings. The van der Waals surface area contributed by atoms with Crippen LogP contribution in [0.1, 0.15) is 32.1 Å². The molecule has 0 N–H and O–H groups in total. The third kappa shape index (κ3) is 1.57. The average molecular weight is 137 g/mol. The number of carbonyl (C=O) groups excluding carboxylic acids is 1. The lowest BCUT2D eigenvalue weighted by Gasteiger charge is -2.16. The van der Waals surface area contributed by atoms with E-state index in [1.807, 2.05) is 6.07 Å². The second-order valence-corrected chi connectivity index (χ2v) is 2.77. The van der Waals surface area contributed by atoms with Crippen LogP contribution in [0.2, 0.25) is 0 Å². The fraction of sp³-hybridized carbons (Fsp3) is 0.750. The van der Waals surface area contributed by atoms with Gasteiger partial charge in [0, 0.05) is 18.8 Å². The van der Waals surface area contributed by atoms with E-state index in [-0.39, 0.29) is 5.92 Å². The smallest absolute Gasteiger partial charge is 0.137 e. The van der Waals surface area contributed by atoms with Gasteiger partial charge in [0.25, 0.3) is 0 Å². The van der Waals surface area contributed by atoms with Crippen LogP contribution in [0.4, 0.5) is 0 Å².